The Hall–Kier alpha value is -2.30. The van der Waals surface area contributed by atoms with Gasteiger partial charge in [-0.2, -0.15) is 0 Å². The molecule has 1 saturated heterocycles. The number of carbonyl (C=O) groups is 2. The molecule has 132 valence electrons. The molecule has 1 unspecified atom stereocenters. The molecule has 2 heterocycles. The summed E-state index contributed by atoms with van der Waals surface area (Å²) >= 11 is 0. The van der Waals surface area contributed by atoms with E-state index in [4.69, 9.17) is 5.11 Å². The van der Waals surface area contributed by atoms with Gasteiger partial charge in [0.05, 0.1) is 5.92 Å². The minimum absolute atomic E-state index is 0.0156. The lowest BCUT2D eigenvalue weighted by molar-refractivity contribution is -0.139. The average Bonchev–Trinajstić information content (AvgIpc) is 3.22. The molecular weight excluding hydrogens is 316 g/mol. The van der Waals surface area contributed by atoms with Crippen LogP contribution in [0.4, 0.5) is 0 Å². The largest absolute Gasteiger partial charge is 0.481 e. The first-order chi connectivity index (χ1) is 12.0. The highest BCUT2D eigenvalue weighted by Gasteiger charge is 2.59. The average molecular weight is 340 g/mol. The molecule has 25 heavy (non-hydrogen) atoms. The molecule has 1 aliphatic carbocycles. The van der Waals surface area contributed by atoms with E-state index in [0.717, 1.165) is 25.7 Å². The van der Waals surface area contributed by atoms with Gasteiger partial charge in [-0.3, -0.25) is 9.59 Å². The Labute approximate surface area is 147 Å². The summed E-state index contributed by atoms with van der Waals surface area (Å²) in [5, 5.41) is 10.4. The van der Waals surface area contributed by atoms with E-state index < -0.39 is 5.97 Å². The van der Waals surface area contributed by atoms with Crippen molar-refractivity contribution in [3.63, 3.8) is 0 Å². The second kappa shape index (κ2) is 5.90. The van der Waals surface area contributed by atoms with Crippen molar-refractivity contribution in [2.75, 3.05) is 13.1 Å². The Morgan fingerprint density at radius 2 is 1.96 bits per heavy atom. The Bertz CT molecular complexity index is 831. The molecular formula is C20H24N2O3. The molecule has 1 saturated carbocycles. The van der Waals surface area contributed by atoms with Crippen LogP contribution >= 0.6 is 0 Å². The van der Waals surface area contributed by atoms with Crippen LogP contribution in [0, 0.1) is 11.3 Å². The van der Waals surface area contributed by atoms with E-state index in [1.54, 1.807) is 0 Å². The lowest BCUT2D eigenvalue weighted by Gasteiger charge is -2.32. The highest BCUT2D eigenvalue weighted by Crippen LogP contribution is 2.59. The van der Waals surface area contributed by atoms with Crippen LogP contribution in [0.3, 0.4) is 0 Å². The van der Waals surface area contributed by atoms with E-state index in [0.29, 0.717) is 19.5 Å². The number of hydrogen-bond acceptors (Lipinski definition) is 2. The predicted octanol–water partition coefficient (Wildman–Crippen LogP) is 2.82. The molecule has 1 aromatic carbocycles. The molecule has 1 atom stereocenters. The summed E-state index contributed by atoms with van der Waals surface area (Å²) in [6.45, 7) is 1.41. The summed E-state index contributed by atoms with van der Waals surface area (Å²) in [7, 11) is 2.03. The fourth-order valence-corrected chi connectivity index (χ4v) is 4.48. The number of aryl methyl sites for hydroxylation is 2. The van der Waals surface area contributed by atoms with E-state index in [9.17, 15) is 9.59 Å². The molecule has 2 aliphatic rings. The third-order valence-electron chi connectivity index (χ3n) is 6.19. The Balaban J connectivity index is 1.35. The third kappa shape index (κ3) is 2.81. The number of benzene rings is 1. The summed E-state index contributed by atoms with van der Waals surface area (Å²) in [5.74, 6) is -0.661. The van der Waals surface area contributed by atoms with Crippen molar-refractivity contribution >= 4 is 22.8 Å². The number of nitrogens with zero attached hydrogens (tertiary/aromatic N) is 2. The van der Waals surface area contributed by atoms with E-state index in [-0.39, 0.29) is 17.2 Å². The van der Waals surface area contributed by atoms with Crippen LogP contribution in [0.15, 0.2) is 30.5 Å². The van der Waals surface area contributed by atoms with Crippen molar-refractivity contribution in [1.82, 2.24) is 9.47 Å². The number of aromatic nitrogens is 1. The van der Waals surface area contributed by atoms with Crippen LogP contribution in [0.1, 0.15) is 31.2 Å². The first kappa shape index (κ1) is 16.2. The van der Waals surface area contributed by atoms with Gasteiger partial charge in [0.25, 0.3) is 0 Å². The van der Waals surface area contributed by atoms with Crippen LogP contribution in [-0.2, 0) is 23.1 Å². The van der Waals surface area contributed by atoms with Crippen molar-refractivity contribution in [2.45, 2.75) is 32.1 Å². The molecule has 1 aromatic heterocycles. The summed E-state index contributed by atoms with van der Waals surface area (Å²) in [6.07, 6.45) is 5.85. The fourth-order valence-electron chi connectivity index (χ4n) is 4.48. The van der Waals surface area contributed by atoms with E-state index in [1.807, 2.05) is 24.1 Å². The molecule has 2 fully saturated rings. The summed E-state index contributed by atoms with van der Waals surface area (Å²) < 4.78 is 2.11. The number of likely N-dealkylation sites (tertiary alicyclic amines) is 1. The van der Waals surface area contributed by atoms with Gasteiger partial charge in [-0.1, -0.05) is 18.2 Å². The van der Waals surface area contributed by atoms with Crippen molar-refractivity contribution in [3.05, 3.63) is 36.0 Å². The fraction of sp³-hybridized carbons (Fsp3) is 0.500. The Kier molecular flexibility index (Phi) is 3.82. The highest BCUT2D eigenvalue weighted by molar-refractivity contribution is 5.85. The topological polar surface area (TPSA) is 62.5 Å². The number of fused-ring (bicyclic) bond motifs is 1. The zero-order valence-electron chi connectivity index (χ0n) is 14.6. The van der Waals surface area contributed by atoms with E-state index in [1.165, 1.54) is 16.5 Å². The predicted molar refractivity (Wildman–Crippen MR) is 95.2 cm³/mol. The zero-order valence-corrected chi connectivity index (χ0v) is 14.6. The standard InChI is InChI=1S/C20H24N2O3/c1-21-13-14(15-4-2-3-5-17(15)21)6-7-18(23)22-10-8-20(9-11-22)12-16(20)19(24)25/h2-5,13,16H,6-12H2,1H3,(H,24,25). The maximum Gasteiger partial charge on any atom is 0.307 e. The number of hydrogen-bond donors (Lipinski definition) is 1. The highest BCUT2D eigenvalue weighted by atomic mass is 16.4. The molecule has 5 nitrogen and oxygen atoms in total. The molecule has 1 amide bonds. The first-order valence-electron chi connectivity index (χ1n) is 9.04. The number of aliphatic carboxylic acids is 1. The Morgan fingerprint density at radius 3 is 2.64 bits per heavy atom. The normalized spacial score (nSPS) is 21.6. The monoisotopic (exact) mass is 340 g/mol. The number of carboxylic acid groups (broad SMARTS) is 1. The lowest BCUT2D eigenvalue weighted by atomic mass is 9.90. The van der Waals surface area contributed by atoms with Gasteiger partial charge >= 0.3 is 5.97 Å². The number of para-hydroxylation sites is 1. The first-order valence-corrected chi connectivity index (χ1v) is 9.04. The summed E-state index contributed by atoms with van der Waals surface area (Å²) in [5.41, 5.74) is 2.39. The second-order valence-corrected chi connectivity index (χ2v) is 7.62. The molecule has 4 rings (SSSR count). The molecule has 0 radical (unpaired) electrons. The van der Waals surface area contributed by atoms with Crippen molar-refractivity contribution in [3.8, 4) is 0 Å². The number of piperidine rings is 1. The second-order valence-electron chi connectivity index (χ2n) is 7.62. The smallest absolute Gasteiger partial charge is 0.307 e. The SMILES string of the molecule is Cn1cc(CCC(=O)N2CCC3(CC2)CC3C(=O)O)c2ccccc21. The number of amides is 1. The van der Waals surface area contributed by atoms with Crippen LogP contribution in [0.5, 0.6) is 0 Å². The van der Waals surface area contributed by atoms with Gasteiger partial charge in [-0.05, 0) is 42.7 Å². The van der Waals surface area contributed by atoms with Gasteiger partial charge in [0.15, 0.2) is 0 Å². The third-order valence-corrected chi connectivity index (χ3v) is 6.19. The van der Waals surface area contributed by atoms with E-state index >= 15 is 0 Å². The molecule has 1 N–H and O–H groups in total. The molecule has 1 spiro atoms. The zero-order chi connectivity index (χ0) is 17.6. The van der Waals surface area contributed by atoms with Gasteiger partial charge in [0.2, 0.25) is 5.91 Å². The Morgan fingerprint density at radius 1 is 1.24 bits per heavy atom. The molecule has 5 heteroatoms. The lowest BCUT2D eigenvalue weighted by Crippen LogP contribution is -2.40. The van der Waals surface area contributed by atoms with Gasteiger partial charge in [-0.25, -0.2) is 0 Å². The number of rotatable bonds is 4. The van der Waals surface area contributed by atoms with Crippen molar-refractivity contribution in [1.29, 1.82) is 0 Å². The van der Waals surface area contributed by atoms with Crippen molar-refractivity contribution < 1.29 is 14.7 Å². The summed E-state index contributed by atoms with van der Waals surface area (Å²) in [4.78, 5) is 25.6. The molecule has 0 bridgehead atoms. The van der Waals surface area contributed by atoms with Gasteiger partial charge < -0.3 is 14.6 Å². The minimum atomic E-state index is -0.671. The maximum absolute atomic E-state index is 12.6. The molecule has 1 aliphatic heterocycles. The number of carboxylic acids is 1. The minimum Gasteiger partial charge on any atom is -0.481 e. The van der Waals surface area contributed by atoms with Crippen LogP contribution < -0.4 is 0 Å². The maximum atomic E-state index is 12.6. The van der Waals surface area contributed by atoms with Gasteiger partial charge in [0.1, 0.15) is 0 Å². The van der Waals surface area contributed by atoms with E-state index in [2.05, 4.69) is 22.9 Å². The number of carbonyl (C=O) groups excluding carboxylic acids is 1. The molecule has 2 aromatic rings. The van der Waals surface area contributed by atoms with Gasteiger partial charge in [-0.15, -0.1) is 0 Å². The van der Waals surface area contributed by atoms with Crippen molar-refractivity contribution in [2.24, 2.45) is 18.4 Å². The van der Waals surface area contributed by atoms with Gasteiger partial charge in [0, 0.05) is 43.7 Å². The summed E-state index contributed by atoms with van der Waals surface area (Å²) in [6, 6.07) is 8.27. The van der Waals surface area contributed by atoms with Crippen LogP contribution in [0.25, 0.3) is 10.9 Å². The quantitative estimate of drug-likeness (QED) is 0.931. The van der Waals surface area contributed by atoms with Crippen LogP contribution in [-0.4, -0.2) is 39.5 Å². The van der Waals surface area contributed by atoms with Crippen LogP contribution in [0.2, 0.25) is 0 Å².